The van der Waals surface area contributed by atoms with Gasteiger partial charge in [-0.05, 0) is 18.5 Å². The molecule has 0 aliphatic carbocycles. The van der Waals surface area contributed by atoms with E-state index in [1.807, 2.05) is 17.9 Å². The van der Waals surface area contributed by atoms with Gasteiger partial charge in [-0.3, -0.25) is 0 Å². The van der Waals surface area contributed by atoms with Crippen molar-refractivity contribution in [3.8, 4) is 0 Å². The van der Waals surface area contributed by atoms with Crippen molar-refractivity contribution >= 4 is 11.5 Å². The van der Waals surface area contributed by atoms with Gasteiger partial charge in [0, 0.05) is 36.9 Å². The summed E-state index contributed by atoms with van der Waals surface area (Å²) in [6.07, 6.45) is 5.57. The molecule has 1 atom stereocenters. The molecule has 1 unspecified atom stereocenters. The Morgan fingerprint density at radius 3 is 3.20 bits per heavy atom. The maximum absolute atomic E-state index is 4.00. The van der Waals surface area contributed by atoms with Crippen LogP contribution in [0.1, 0.15) is 12.6 Å². The lowest BCUT2D eigenvalue weighted by Gasteiger charge is -2.12. The van der Waals surface area contributed by atoms with Crippen LogP contribution >= 0.6 is 11.5 Å². The first-order chi connectivity index (χ1) is 7.34. The van der Waals surface area contributed by atoms with Crippen LogP contribution in [0.2, 0.25) is 0 Å². The zero-order valence-corrected chi connectivity index (χ0v) is 9.31. The quantitative estimate of drug-likeness (QED) is 0.818. The van der Waals surface area contributed by atoms with Crippen molar-refractivity contribution < 1.29 is 0 Å². The fourth-order valence-corrected chi connectivity index (χ4v) is 1.77. The summed E-state index contributed by atoms with van der Waals surface area (Å²) in [5, 5.41) is 9.31. The van der Waals surface area contributed by atoms with Gasteiger partial charge in [0.1, 0.15) is 0 Å². The molecule has 0 aliphatic heterocycles. The van der Waals surface area contributed by atoms with Crippen molar-refractivity contribution in [3.05, 3.63) is 29.8 Å². The number of imidazole rings is 1. The lowest BCUT2D eigenvalue weighted by molar-refractivity contribution is 0.473. The fraction of sp³-hybridized carbons (Fsp3) is 0.444. The Labute approximate surface area is 92.3 Å². The lowest BCUT2D eigenvalue weighted by atomic mass is 10.3. The molecule has 0 fully saturated rings. The van der Waals surface area contributed by atoms with E-state index in [0.717, 1.165) is 18.8 Å². The van der Waals surface area contributed by atoms with Gasteiger partial charge in [-0.25, -0.2) is 4.98 Å². The van der Waals surface area contributed by atoms with Crippen LogP contribution in [0.25, 0.3) is 0 Å². The number of nitrogens with one attached hydrogen (secondary N) is 1. The van der Waals surface area contributed by atoms with E-state index in [4.69, 9.17) is 0 Å². The van der Waals surface area contributed by atoms with Crippen LogP contribution in [0.15, 0.2) is 24.1 Å². The van der Waals surface area contributed by atoms with Crippen molar-refractivity contribution in [1.29, 1.82) is 0 Å². The molecule has 0 saturated heterocycles. The first-order valence-electron chi connectivity index (χ1n) is 4.79. The van der Waals surface area contributed by atoms with E-state index in [9.17, 15) is 0 Å². The number of nitrogens with zero attached hydrogens (tertiary/aromatic N) is 4. The second-order valence-electron chi connectivity index (χ2n) is 3.44. The predicted molar refractivity (Wildman–Crippen MR) is 58.4 cm³/mol. The van der Waals surface area contributed by atoms with Crippen LogP contribution in [0.5, 0.6) is 0 Å². The minimum Gasteiger partial charge on any atom is -0.336 e. The molecule has 80 valence electrons. The minimum absolute atomic E-state index is 0.390. The summed E-state index contributed by atoms with van der Waals surface area (Å²) in [5.41, 5.74) is 0.998. The summed E-state index contributed by atoms with van der Waals surface area (Å²) >= 11 is 1.38. The number of hydrogen-bond donors (Lipinski definition) is 1. The third kappa shape index (κ3) is 3.10. The molecule has 2 heterocycles. The van der Waals surface area contributed by atoms with E-state index in [-0.39, 0.29) is 0 Å². The van der Waals surface area contributed by atoms with Crippen LogP contribution < -0.4 is 5.32 Å². The highest BCUT2D eigenvalue weighted by atomic mass is 32.1. The van der Waals surface area contributed by atoms with Crippen molar-refractivity contribution in [2.45, 2.75) is 26.1 Å². The summed E-state index contributed by atoms with van der Waals surface area (Å²) in [5.74, 6) is 0. The Morgan fingerprint density at radius 1 is 1.60 bits per heavy atom. The Hall–Kier alpha value is -1.27. The zero-order valence-electron chi connectivity index (χ0n) is 8.50. The average molecular weight is 223 g/mol. The first-order valence-corrected chi connectivity index (χ1v) is 5.63. The molecule has 2 aromatic heterocycles. The van der Waals surface area contributed by atoms with Crippen LogP contribution in [0, 0.1) is 0 Å². The smallest absolute Gasteiger partial charge is 0.0946 e. The van der Waals surface area contributed by atoms with Crippen molar-refractivity contribution in [3.63, 3.8) is 0 Å². The maximum atomic E-state index is 4.00. The Kier molecular flexibility index (Phi) is 3.41. The van der Waals surface area contributed by atoms with Gasteiger partial charge < -0.3 is 9.88 Å². The van der Waals surface area contributed by atoms with Crippen molar-refractivity contribution in [1.82, 2.24) is 24.5 Å². The standard InChI is InChI=1S/C9H13N5S/c1-8(5-14-3-2-10-7-14)11-4-9-6-15-13-12-9/h2-3,6-8,11H,4-5H2,1H3. The van der Waals surface area contributed by atoms with Gasteiger partial charge in [0.2, 0.25) is 0 Å². The molecule has 0 spiro atoms. The fourth-order valence-electron chi connectivity index (χ4n) is 1.32. The number of aromatic nitrogens is 4. The van der Waals surface area contributed by atoms with E-state index < -0.39 is 0 Å². The van der Waals surface area contributed by atoms with E-state index in [2.05, 4.69) is 31.4 Å². The number of hydrogen-bond acceptors (Lipinski definition) is 5. The third-order valence-electron chi connectivity index (χ3n) is 2.08. The van der Waals surface area contributed by atoms with Crippen LogP contribution in [-0.2, 0) is 13.1 Å². The SMILES string of the molecule is CC(Cn1ccnc1)NCc1csnn1. The summed E-state index contributed by atoms with van der Waals surface area (Å²) < 4.78 is 5.86. The molecule has 0 amide bonds. The summed E-state index contributed by atoms with van der Waals surface area (Å²) in [6, 6.07) is 0.390. The second-order valence-corrected chi connectivity index (χ2v) is 4.05. The number of rotatable bonds is 5. The average Bonchev–Trinajstić information content (AvgIpc) is 2.86. The van der Waals surface area contributed by atoms with Gasteiger partial charge in [0.15, 0.2) is 0 Å². The van der Waals surface area contributed by atoms with Gasteiger partial charge >= 0.3 is 0 Å². The predicted octanol–water partition coefficient (Wildman–Crippen LogP) is 0.913. The molecule has 2 rings (SSSR count). The van der Waals surface area contributed by atoms with Crippen LogP contribution in [0.4, 0.5) is 0 Å². The molecule has 0 radical (unpaired) electrons. The van der Waals surface area contributed by atoms with E-state index in [1.54, 1.807) is 6.20 Å². The Bertz CT molecular complexity index is 369. The normalized spacial score (nSPS) is 12.9. The summed E-state index contributed by atoms with van der Waals surface area (Å²) in [6.45, 7) is 3.82. The highest BCUT2D eigenvalue weighted by Gasteiger charge is 2.03. The molecule has 0 aromatic carbocycles. The molecule has 6 heteroatoms. The van der Waals surface area contributed by atoms with E-state index in [1.165, 1.54) is 11.5 Å². The lowest BCUT2D eigenvalue weighted by Crippen LogP contribution is -2.29. The maximum Gasteiger partial charge on any atom is 0.0946 e. The van der Waals surface area contributed by atoms with Gasteiger partial charge in [0.05, 0.1) is 12.0 Å². The monoisotopic (exact) mass is 223 g/mol. The molecular formula is C9H13N5S. The largest absolute Gasteiger partial charge is 0.336 e. The Balaban J connectivity index is 1.76. The van der Waals surface area contributed by atoms with E-state index in [0.29, 0.717) is 6.04 Å². The molecule has 5 nitrogen and oxygen atoms in total. The van der Waals surface area contributed by atoms with Gasteiger partial charge in [-0.2, -0.15) is 0 Å². The van der Waals surface area contributed by atoms with Crippen LogP contribution in [-0.4, -0.2) is 25.2 Å². The molecule has 0 aliphatic rings. The second kappa shape index (κ2) is 4.99. The molecule has 2 aromatic rings. The highest BCUT2D eigenvalue weighted by Crippen LogP contribution is 1.98. The first kappa shape index (κ1) is 10.3. The topological polar surface area (TPSA) is 55.6 Å². The van der Waals surface area contributed by atoms with Gasteiger partial charge in [-0.15, -0.1) is 5.10 Å². The summed E-state index contributed by atoms with van der Waals surface area (Å²) in [4.78, 5) is 4.00. The third-order valence-corrected chi connectivity index (χ3v) is 2.63. The van der Waals surface area contributed by atoms with Gasteiger partial charge in [0.25, 0.3) is 0 Å². The minimum atomic E-state index is 0.390. The van der Waals surface area contributed by atoms with Gasteiger partial charge in [-0.1, -0.05) is 4.49 Å². The van der Waals surface area contributed by atoms with Crippen LogP contribution in [0.3, 0.4) is 0 Å². The summed E-state index contributed by atoms with van der Waals surface area (Å²) in [7, 11) is 0. The molecule has 1 N–H and O–H groups in total. The van der Waals surface area contributed by atoms with Crippen molar-refractivity contribution in [2.75, 3.05) is 0 Å². The Morgan fingerprint density at radius 2 is 2.53 bits per heavy atom. The molecule has 15 heavy (non-hydrogen) atoms. The highest BCUT2D eigenvalue weighted by molar-refractivity contribution is 7.03. The zero-order chi connectivity index (χ0) is 10.5. The molecule has 0 bridgehead atoms. The van der Waals surface area contributed by atoms with Crippen molar-refractivity contribution in [2.24, 2.45) is 0 Å². The van der Waals surface area contributed by atoms with E-state index >= 15 is 0 Å². The molecule has 0 saturated carbocycles. The molecular weight excluding hydrogens is 210 g/mol.